The maximum atomic E-state index is 13.1. The Bertz CT molecular complexity index is 1040. The summed E-state index contributed by atoms with van der Waals surface area (Å²) in [5.74, 6) is 0.685. The van der Waals surface area contributed by atoms with Gasteiger partial charge >= 0.3 is 6.18 Å². The van der Waals surface area contributed by atoms with Crippen molar-refractivity contribution in [3.63, 3.8) is 0 Å². The van der Waals surface area contributed by atoms with Gasteiger partial charge in [-0.3, -0.25) is 0 Å². The van der Waals surface area contributed by atoms with Crippen LogP contribution in [0.1, 0.15) is 49.7 Å². The van der Waals surface area contributed by atoms with E-state index in [-0.39, 0.29) is 23.2 Å². The van der Waals surface area contributed by atoms with Gasteiger partial charge in [-0.2, -0.15) is 13.2 Å². The van der Waals surface area contributed by atoms with E-state index in [1.807, 2.05) is 19.1 Å². The fourth-order valence-electron chi connectivity index (χ4n) is 2.94. The zero-order valence-electron chi connectivity index (χ0n) is 16.5. The Morgan fingerprint density at radius 3 is 2.37 bits per heavy atom. The molecule has 0 aliphatic carbocycles. The number of aromatic nitrogens is 4. The summed E-state index contributed by atoms with van der Waals surface area (Å²) in [7, 11) is 0. The van der Waals surface area contributed by atoms with Crippen molar-refractivity contribution in [2.45, 2.75) is 39.0 Å². The number of nitrogens with one attached hydrogen (secondary N) is 2. The van der Waals surface area contributed by atoms with Crippen LogP contribution in [0.5, 0.6) is 0 Å². The molecule has 30 heavy (non-hydrogen) atoms. The van der Waals surface area contributed by atoms with Gasteiger partial charge in [0.1, 0.15) is 11.6 Å². The second-order valence-corrected chi connectivity index (χ2v) is 7.36. The van der Waals surface area contributed by atoms with Gasteiger partial charge in [0, 0.05) is 36.3 Å². The molecule has 0 aliphatic heterocycles. The highest BCUT2D eigenvalue weighted by Gasteiger charge is 2.35. The number of anilines is 1. The van der Waals surface area contributed by atoms with E-state index in [2.05, 4.69) is 20.3 Å². The first-order chi connectivity index (χ1) is 14.1. The lowest BCUT2D eigenvalue weighted by Gasteiger charge is -2.17. The minimum Gasteiger partial charge on any atom is -0.363 e. The van der Waals surface area contributed by atoms with E-state index < -0.39 is 11.9 Å². The normalized spacial score (nSPS) is 12.8. The van der Waals surface area contributed by atoms with Crippen LogP contribution in [0, 0.1) is 5.41 Å². The molecule has 10 heteroatoms. The molecular weight excluding hydrogens is 417 g/mol. The summed E-state index contributed by atoms with van der Waals surface area (Å²) >= 11 is 5.84. The number of hydrogen-bond donors (Lipinski definition) is 2. The number of benzene rings is 1. The number of alkyl halides is 3. The maximum absolute atomic E-state index is 13.1. The summed E-state index contributed by atoms with van der Waals surface area (Å²) in [4.78, 5) is 11.8. The molecule has 2 aromatic heterocycles. The Morgan fingerprint density at radius 1 is 1.13 bits per heavy atom. The molecule has 0 amide bonds. The molecule has 0 fully saturated rings. The molecule has 0 unspecified atom stereocenters. The van der Waals surface area contributed by atoms with Crippen LogP contribution >= 0.6 is 11.6 Å². The minimum absolute atomic E-state index is 0.0617. The average Bonchev–Trinajstić information content (AvgIpc) is 3.14. The summed E-state index contributed by atoms with van der Waals surface area (Å²) < 4.78 is 40.8. The van der Waals surface area contributed by atoms with Crippen molar-refractivity contribution in [3.05, 3.63) is 58.8 Å². The Labute approximate surface area is 176 Å². The molecule has 2 heterocycles. The first kappa shape index (κ1) is 21.8. The minimum atomic E-state index is -4.50. The first-order valence-electron chi connectivity index (χ1n) is 9.16. The molecule has 1 atom stereocenters. The number of halogens is 4. The third-order valence-corrected chi connectivity index (χ3v) is 4.73. The monoisotopic (exact) mass is 436 g/mol. The van der Waals surface area contributed by atoms with Crippen LogP contribution in [0.4, 0.5) is 19.0 Å². The second-order valence-electron chi connectivity index (χ2n) is 7.02. The molecule has 0 bridgehead atoms. The molecule has 6 nitrogen and oxygen atoms in total. The third kappa shape index (κ3) is 4.62. The molecule has 3 aromatic rings. The summed E-state index contributed by atoms with van der Waals surface area (Å²) in [6, 6.07) is 6.72. The van der Waals surface area contributed by atoms with Crippen molar-refractivity contribution in [2.75, 3.05) is 5.32 Å². The first-order valence-corrected chi connectivity index (χ1v) is 9.54. The molecule has 0 saturated carbocycles. The van der Waals surface area contributed by atoms with Crippen molar-refractivity contribution in [2.24, 2.45) is 0 Å². The Balaban J connectivity index is 1.88. The van der Waals surface area contributed by atoms with Gasteiger partial charge in [-0.15, -0.1) is 0 Å². The van der Waals surface area contributed by atoms with Gasteiger partial charge in [0.15, 0.2) is 5.69 Å². The van der Waals surface area contributed by atoms with Crippen LogP contribution in [-0.4, -0.2) is 25.7 Å². The molecule has 158 valence electrons. The van der Waals surface area contributed by atoms with E-state index in [9.17, 15) is 13.2 Å². The molecular formula is C20H20ClF3N6. The lowest BCUT2D eigenvalue weighted by molar-refractivity contribution is -0.140. The SMILES string of the molecule is CC(C)n1cc(C(F)(F)F)nc1-c1ccc([C@@H](C)Nc2nc(Cl)ncc2C=N)cc1. The molecule has 2 N–H and O–H groups in total. The Kier molecular flexibility index (Phi) is 6.12. The van der Waals surface area contributed by atoms with E-state index in [0.29, 0.717) is 16.9 Å². The van der Waals surface area contributed by atoms with E-state index in [4.69, 9.17) is 17.0 Å². The van der Waals surface area contributed by atoms with Crippen LogP contribution in [0.3, 0.4) is 0 Å². The number of rotatable bonds is 6. The predicted octanol–water partition coefficient (Wildman–Crippen LogP) is 5.76. The van der Waals surface area contributed by atoms with E-state index in [1.54, 1.807) is 26.0 Å². The van der Waals surface area contributed by atoms with E-state index in [1.165, 1.54) is 10.8 Å². The van der Waals surface area contributed by atoms with Gasteiger partial charge in [-0.05, 0) is 37.9 Å². The highest BCUT2D eigenvalue weighted by atomic mass is 35.5. The predicted molar refractivity (Wildman–Crippen MR) is 110 cm³/mol. The van der Waals surface area contributed by atoms with Crippen LogP contribution in [0.15, 0.2) is 36.7 Å². The second kappa shape index (κ2) is 8.43. The Hall–Kier alpha value is -2.94. The van der Waals surface area contributed by atoms with Gasteiger partial charge in [0.25, 0.3) is 0 Å². The van der Waals surface area contributed by atoms with Crippen LogP contribution in [0.25, 0.3) is 11.4 Å². The van der Waals surface area contributed by atoms with Crippen molar-refractivity contribution in [1.29, 1.82) is 5.41 Å². The standard InChI is InChI=1S/C20H20ClF3N6/c1-11(2)30-10-16(20(22,23)24)28-18(30)14-6-4-13(5-7-14)12(3)27-17-15(8-25)9-26-19(21)29-17/h4-12,25H,1-3H3,(H,26,27,29)/t12-/m1/s1. The van der Waals surface area contributed by atoms with Crippen molar-refractivity contribution >= 4 is 23.6 Å². The highest BCUT2D eigenvalue weighted by Crippen LogP contribution is 2.33. The molecule has 0 radical (unpaired) electrons. The number of hydrogen-bond acceptors (Lipinski definition) is 5. The Morgan fingerprint density at radius 2 is 1.80 bits per heavy atom. The molecule has 3 rings (SSSR count). The van der Waals surface area contributed by atoms with Crippen molar-refractivity contribution in [3.8, 4) is 11.4 Å². The van der Waals surface area contributed by atoms with E-state index in [0.717, 1.165) is 18.0 Å². The summed E-state index contributed by atoms with van der Waals surface area (Å²) in [6.45, 7) is 5.51. The van der Waals surface area contributed by atoms with Crippen LogP contribution in [-0.2, 0) is 6.18 Å². The largest absolute Gasteiger partial charge is 0.434 e. The maximum Gasteiger partial charge on any atom is 0.434 e. The van der Waals surface area contributed by atoms with E-state index >= 15 is 0 Å². The summed E-state index contributed by atoms with van der Waals surface area (Å²) in [5, 5.41) is 10.7. The summed E-state index contributed by atoms with van der Waals surface area (Å²) in [6.07, 6.45) is -0.891. The van der Waals surface area contributed by atoms with Gasteiger partial charge in [-0.25, -0.2) is 15.0 Å². The van der Waals surface area contributed by atoms with Gasteiger partial charge in [0.05, 0.1) is 5.56 Å². The molecule has 1 aromatic carbocycles. The lowest BCUT2D eigenvalue weighted by atomic mass is 10.1. The molecule has 0 spiro atoms. The van der Waals surface area contributed by atoms with Gasteiger partial charge in [0.2, 0.25) is 5.28 Å². The van der Waals surface area contributed by atoms with Crippen molar-refractivity contribution < 1.29 is 13.2 Å². The van der Waals surface area contributed by atoms with Gasteiger partial charge in [-0.1, -0.05) is 24.3 Å². The zero-order valence-corrected chi connectivity index (χ0v) is 17.3. The van der Waals surface area contributed by atoms with Crippen LogP contribution < -0.4 is 5.32 Å². The quantitative estimate of drug-likeness (QED) is 0.380. The summed E-state index contributed by atoms with van der Waals surface area (Å²) in [5.41, 5.74) is 1.04. The van der Waals surface area contributed by atoms with Crippen LogP contribution in [0.2, 0.25) is 5.28 Å². The highest BCUT2D eigenvalue weighted by molar-refractivity contribution is 6.28. The smallest absolute Gasteiger partial charge is 0.363 e. The third-order valence-electron chi connectivity index (χ3n) is 4.54. The fraction of sp³-hybridized carbons (Fsp3) is 0.300. The number of nitrogens with zero attached hydrogens (tertiary/aromatic N) is 4. The van der Waals surface area contributed by atoms with Gasteiger partial charge < -0.3 is 15.3 Å². The fourth-order valence-corrected chi connectivity index (χ4v) is 3.07. The average molecular weight is 437 g/mol. The molecule has 0 aliphatic rings. The topological polar surface area (TPSA) is 79.5 Å². The molecule has 0 saturated heterocycles. The lowest BCUT2D eigenvalue weighted by Crippen LogP contribution is -2.10. The number of imidazole rings is 1. The zero-order chi connectivity index (χ0) is 22.1. The van der Waals surface area contributed by atoms with Crippen molar-refractivity contribution in [1.82, 2.24) is 19.5 Å².